The molecule has 11 heteroatoms. The molecule has 40 heavy (non-hydrogen) atoms. The zero-order valence-electron chi connectivity index (χ0n) is 22.4. The lowest BCUT2D eigenvalue weighted by Crippen LogP contribution is -2.49. The summed E-state index contributed by atoms with van der Waals surface area (Å²) in [7, 11) is -2.94. The molecule has 0 bridgehead atoms. The monoisotopic (exact) mass is 580 g/mol. The Hall–Kier alpha value is -4.02. The van der Waals surface area contributed by atoms with Gasteiger partial charge in [0.05, 0.1) is 28.9 Å². The number of ether oxygens (including phenoxy) is 1. The van der Waals surface area contributed by atoms with Gasteiger partial charge in [0.2, 0.25) is 0 Å². The molecule has 0 radical (unpaired) electrons. The lowest BCUT2D eigenvalue weighted by atomic mass is 10.1. The van der Waals surface area contributed by atoms with E-state index in [0.29, 0.717) is 35.9 Å². The molecule has 4 aromatic rings. The van der Waals surface area contributed by atoms with Crippen molar-refractivity contribution in [2.75, 3.05) is 38.2 Å². The van der Waals surface area contributed by atoms with E-state index in [2.05, 4.69) is 30.0 Å². The number of anilines is 1. The Morgan fingerprint density at radius 1 is 0.900 bits per heavy atom. The van der Waals surface area contributed by atoms with Gasteiger partial charge in [-0.25, -0.2) is 13.2 Å². The number of aryl methyl sites for hydroxylation is 2. The number of carbonyl (C=O) groups excluding carboxylic acids is 1. The summed E-state index contributed by atoms with van der Waals surface area (Å²) < 4.78 is 34.0. The van der Waals surface area contributed by atoms with Crippen molar-refractivity contribution in [3.8, 4) is 11.4 Å². The fourth-order valence-corrected chi connectivity index (χ4v) is 6.35. The summed E-state index contributed by atoms with van der Waals surface area (Å²) in [6, 6.07) is 18.6. The molecule has 1 aliphatic heterocycles. The van der Waals surface area contributed by atoms with Crippen LogP contribution in [0.5, 0.6) is 5.75 Å². The number of rotatable bonds is 6. The fourth-order valence-electron chi connectivity index (χ4n) is 4.86. The molecule has 0 aliphatic carbocycles. The zero-order valence-corrected chi connectivity index (χ0v) is 23.9. The number of carbonyl (C=O) groups is 1. The van der Waals surface area contributed by atoms with Crippen molar-refractivity contribution in [3.05, 3.63) is 105 Å². The summed E-state index contributed by atoms with van der Waals surface area (Å²) >= 11 is 6.42. The highest BCUT2D eigenvalue weighted by Gasteiger charge is 2.31. The molecule has 0 spiro atoms. The third-order valence-corrected chi connectivity index (χ3v) is 8.99. The molecule has 0 unspecified atom stereocenters. The van der Waals surface area contributed by atoms with E-state index in [1.165, 1.54) is 25.3 Å². The lowest BCUT2D eigenvalue weighted by Gasteiger charge is -2.37. The molecule has 1 aromatic heterocycles. The zero-order chi connectivity index (χ0) is 28.6. The van der Waals surface area contributed by atoms with Gasteiger partial charge in [-0.1, -0.05) is 41.9 Å². The highest BCUT2D eigenvalue weighted by molar-refractivity contribution is 7.90. The summed E-state index contributed by atoms with van der Waals surface area (Å²) in [5.41, 5.74) is 2.62. The number of nitrogens with zero attached hydrogens (tertiary/aromatic N) is 4. The van der Waals surface area contributed by atoms with Crippen LogP contribution in [0.4, 0.5) is 5.69 Å². The minimum absolute atomic E-state index is 0.0928. The minimum Gasteiger partial charge on any atom is -0.497 e. The number of hydrogen-bond acceptors (Lipinski definition) is 6. The molecule has 0 N–H and O–H groups in total. The summed E-state index contributed by atoms with van der Waals surface area (Å²) in [5.74, 6) is -0.144. The third-order valence-electron chi connectivity index (χ3n) is 7.04. The van der Waals surface area contributed by atoms with Gasteiger partial charge in [0, 0.05) is 37.9 Å². The number of imidazole rings is 1. The van der Waals surface area contributed by atoms with E-state index in [1.54, 1.807) is 35.2 Å². The summed E-state index contributed by atoms with van der Waals surface area (Å²) in [6.45, 7) is 6.08. The molecule has 208 valence electrons. The van der Waals surface area contributed by atoms with Crippen molar-refractivity contribution in [2.45, 2.75) is 18.7 Å². The predicted octanol–water partition coefficient (Wildman–Crippen LogP) is 4.12. The van der Waals surface area contributed by atoms with Gasteiger partial charge in [-0.05, 0) is 55.3 Å². The lowest BCUT2D eigenvalue weighted by molar-refractivity contribution is 0.0738. The smallest absolute Gasteiger partial charge is 0.347 e. The Balaban J connectivity index is 1.54. The first kappa shape index (κ1) is 27.5. The molecule has 9 nitrogen and oxygen atoms in total. The first-order valence-electron chi connectivity index (χ1n) is 12.7. The average Bonchev–Trinajstić information content (AvgIpc) is 3.31. The molecular formula is C29H29ClN4O5S. The Labute approximate surface area is 237 Å². The molecule has 1 saturated heterocycles. The van der Waals surface area contributed by atoms with Crippen LogP contribution >= 0.6 is 11.6 Å². The normalized spacial score (nSPS) is 13.9. The molecule has 5 rings (SSSR count). The number of hydrogen-bond donors (Lipinski definition) is 0. The summed E-state index contributed by atoms with van der Waals surface area (Å²) in [5, 5.41) is 0.204. The van der Waals surface area contributed by atoms with E-state index < -0.39 is 21.6 Å². The topological polar surface area (TPSA) is 93.8 Å². The highest BCUT2D eigenvalue weighted by Crippen LogP contribution is 2.26. The second-order valence-corrected chi connectivity index (χ2v) is 11.9. The van der Waals surface area contributed by atoms with E-state index in [-0.39, 0.29) is 21.3 Å². The average molecular weight is 581 g/mol. The maximum atomic E-state index is 13.9. The largest absolute Gasteiger partial charge is 0.497 e. The Morgan fingerprint density at radius 2 is 1.62 bits per heavy atom. The van der Waals surface area contributed by atoms with Crippen molar-refractivity contribution in [1.82, 2.24) is 13.4 Å². The molecule has 1 fully saturated rings. The standard InChI is InChI=1S/C29H29ClN4O5S/c1-20-11-12-21(2)26(17-20)31-13-15-32(16-14-31)28(35)27-19-33(29(36)34(27)25-10-5-4-9-24(25)30)40(37,38)23-8-6-7-22(18-23)39-3/h4-12,17-19H,13-16H2,1-3H3. The van der Waals surface area contributed by atoms with Gasteiger partial charge in [0.1, 0.15) is 11.4 Å². The van der Waals surface area contributed by atoms with Crippen molar-refractivity contribution in [2.24, 2.45) is 0 Å². The van der Waals surface area contributed by atoms with Crippen molar-refractivity contribution >= 4 is 33.2 Å². The van der Waals surface area contributed by atoms with Gasteiger partial charge in [0.15, 0.2) is 0 Å². The van der Waals surface area contributed by atoms with Crippen molar-refractivity contribution in [3.63, 3.8) is 0 Å². The summed E-state index contributed by atoms with van der Waals surface area (Å²) in [6.07, 6.45) is 1.08. The number of methoxy groups -OCH3 is 1. The number of para-hydroxylation sites is 1. The van der Waals surface area contributed by atoms with E-state index in [0.717, 1.165) is 27.6 Å². The van der Waals surface area contributed by atoms with Crippen molar-refractivity contribution in [1.29, 1.82) is 0 Å². The number of piperazine rings is 1. The Kier molecular flexibility index (Phi) is 7.48. The SMILES string of the molecule is COc1cccc(S(=O)(=O)n2cc(C(=O)N3CCN(c4cc(C)ccc4C)CC3)n(-c3ccccc3Cl)c2=O)c1. The van der Waals surface area contributed by atoms with Crippen LogP contribution in [0.3, 0.4) is 0 Å². The first-order chi connectivity index (χ1) is 19.1. The number of benzene rings is 3. The molecule has 0 saturated carbocycles. The quantitative estimate of drug-likeness (QED) is 0.341. The van der Waals surface area contributed by atoms with Crippen LogP contribution in [0.15, 0.2) is 82.6 Å². The van der Waals surface area contributed by atoms with E-state index in [9.17, 15) is 18.0 Å². The second-order valence-electron chi connectivity index (χ2n) is 9.63. The van der Waals surface area contributed by atoms with E-state index in [4.69, 9.17) is 16.3 Å². The van der Waals surface area contributed by atoms with Crippen LogP contribution in [-0.2, 0) is 10.0 Å². The molecule has 2 heterocycles. The fraction of sp³-hybridized carbons (Fsp3) is 0.241. The van der Waals surface area contributed by atoms with Gasteiger partial charge < -0.3 is 14.5 Å². The maximum Gasteiger partial charge on any atom is 0.347 e. The summed E-state index contributed by atoms with van der Waals surface area (Å²) in [4.78, 5) is 31.3. The van der Waals surface area contributed by atoms with Gasteiger partial charge in [-0.3, -0.25) is 9.36 Å². The highest BCUT2D eigenvalue weighted by atomic mass is 35.5. The molecular weight excluding hydrogens is 552 g/mol. The van der Waals surface area contributed by atoms with Crippen LogP contribution in [0, 0.1) is 13.8 Å². The van der Waals surface area contributed by atoms with Crippen molar-refractivity contribution < 1.29 is 17.9 Å². The van der Waals surface area contributed by atoms with E-state index >= 15 is 0 Å². The van der Waals surface area contributed by atoms with Crippen LogP contribution < -0.4 is 15.3 Å². The first-order valence-corrected chi connectivity index (χ1v) is 14.5. The molecule has 3 aromatic carbocycles. The predicted molar refractivity (Wildman–Crippen MR) is 155 cm³/mol. The Morgan fingerprint density at radius 3 is 2.33 bits per heavy atom. The number of aromatic nitrogens is 2. The third kappa shape index (κ3) is 5.00. The van der Waals surface area contributed by atoms with Gasteiger partial charge in [-0.2, -0.15) is 3.97 Å². The van der Waals surface area contributed by atoms with Crippen LogP contribution in [-0.4, -0.2) is 61.1 Å². The maximum absolute atomic E-state index is 13.9. The second kappa shape index (κ2) is 10.9. The number of halogens is 1. The van der Waals surface area contributed by atoms with Crippen LogP contribution in [0.25, 0.3) is 5.69 Å². The Bertz CT molecular complexity index is 1750. The molecule has 0 atom stereocenters. The van der Waals surface area contributed by atoms with E-state index in [1.807, 2.05) is 6.92 Å². The van der Waals surface area contributed by atoms with Gasteiger partial charge in [0.25, 0.3) is 15.9 Å². The van der Waals surface area contributed by atoms with Gasteiger partial charge in [-0.15, -0.1) is 0 Å². The van der Waals surface area contributed by atoms with Crippen LogP contribution in [0.2, 0.25) is 5.02 Å². The molecule has 1 amide bonds. The van der Waals surface area contributed by atoms with Gasteiger partial charge >= 0.3 is 5.69 Å². The van der Waals surface area contributed by atoms with Crippen LogP contribution in [0.1, 0.15) is 21.6 Å². The molecule has 1 aliphatic rings. The number of amides is 1. The minimum atomic E-state index is -4.36.